The van der Waals surface area contributed by atoms with Crippen LogP contribution in [0.2, 0.25) is 0 Å². The number of piperazine rings is 1. The summed E-state index contributed by atoms with van der Waals surface area (Å²) in [5.74, 6) is 1.13. The molecule has 1 aliphatic rings. The molecule has 1 fully saturated rings. The second-order valence-corrected chi connectivity index (χ2v) is 7.81. The van der Waals surface area contributed by atoms with Crippen LogP contribution in [0.5, 0.6) is 0 Å². The predicted molar refractivity (Wildman–Crippen MR) is 72.0 cm³/mol. The van der Waals surface area contributed by atoms with Gasteiger partial charge in [-0.05, 0) is 12.8 Å². The third-order valence-electron chi connectivity index (χ3n) is 3.66. The van der Waals surface area contributed by atoms with Crippen LogP contribution in [0.4, 0.5) is 0 Å². The van der Waals surface area contributed by atoms with Crippen LogP contribution in [0.15, 0.2) is 0 Å². The molecule has 0 aromatic rings. The fourth-order valence-corrected chi connectivity index (χ4v) is 2.91. The molecule has 4 nitrogen and oxygen atoms in total. The summed E-state index contributed by atoms with van der Waals surface area (Å²) in [5.41, 5.74) is 0. The Hall–Kier alpha value is -0.130. The Kier molecular flexibility index (Phi) is 5.41. The van der Waals surface area contributed by atoms with E-state index in [1.54, 1.807) is 6.92 Å². The summed E-state index contributed by atoms with van der Waals surface area (Å²) < 4.78 is 23.0. The summed E-state index contributed by atoms with van der Waals surface area (Å²) in [6.45, 7) is 10.9. The van der Waals surface area contributed by atoms with Crippen LogP contribution < -0.4 is 5.32 Å². The molecule has 0 bridgehead atoms. The summed E-state index contributed by atoms with van der Waals surface area (Å²) in [4.78, 5) is 2.30. The Balaban J connectivity index is 2.51. The average molecular weight is 262 g/mol. The third-order valence-corrected chi connectivity index (χ3v) is 5.35. The van der Waals surface area contributed by atoms with Gasteiger partial charge in [0.2, 0.25) is 0 Å². The number of rotatable bonds is 5. The summed E-state index contributed by atoms with van der Waals surface area (Å²) in [5, 5.41) is 3.52. The van der Waals surface area contributed by atoms with Crippen LogP contribution in [-0.4, -0.2) is 56.5 Å². The van der Waals surface area contributed by atoms with Crippen molar-refractivity contribution in [3.8, 4) is 0 Å². The van der Waals surface area contributed by atoms with E-state index in [-0.39, 0.29) is 5.75 Å². The molecule has 2 unspecified atom stereocenters. The fraction of sp³-hybridized carbons (Fsp3) is 1.00. The average Bonchev–Trinajstić information content (AvgIpc) is 2.27. The molecule has 0 spiro atoms. The van der Waals surface area contributed by atoms with Crippen molar-refractivity contribution in [2.45, 2.75) is 39.8 Å². The Morgan fingerprint density at radius 1 is 1.41 bits per heavy atom. The Labute approximate surface area is 106 Å². The molecule has 0 radical (unpaired) electrons. The van der Waals surface area contributed by atoms with Crippen LogP contribution in [0.3, 0.4) is 0 Å². The maximum absolute atomic E-state index is 11.5. The van der Waals surface area contributed by atoms with E-state index in [9.17, 15) is 8.42 Å². The molecular formula is C12H26N2O2S. The highest BCUT2D eigenvalue weighted by atomic mass is 32.2. The van der Waals surface area contributed by atoms with Gasteiger partial charge in [-0.1, -0.05) is 20.8 Å². The molecule has 102 valence electrons. The molecule has 17 heavy (non-hydrogen) atoms. The topological polar surface area (TPSA) is 49.4 Å². The fourth-order valence-electron chi connectivity index (χ4n) is 2.11. The second-order valence-electron chi connectivity index (χ2n) is 5.34. The summed E-state index contributed by atoms with van der Waals surface area (Å²) in [7, 11) is -2.84. The minimum Gasteiger partial charge on any atom is -0.311 e. The van der Waals surface area contributed by atoms with Gasteiger partial charge in [0.1, 0.15) is 0 Å². The molecule has 5 heteroatoms. The molecule has 0 saturated carbocycles. The van der Waals surface area contributed by atoms with Gasteiger partial charge in [0, 0.05) is 37.5 Å². The number of hydrogen-bond donors (Lipinski definition) is 1. The number of nitrogens with zero attached hydrogens (tertiary/aromatic N) is 1. The highest BCUT2D eigenvalue weighted by Crippen LogP contribution is 2.12. The van der Waals surface area contributed by atoms with Gasteiger partial charge in [0.05, 0.1) is 5.75 Å². The molecule has 0 amide bonds. The maximum Gasteiger partial charge on any atom is 0.151 e. The van der Waals surface area contributed by atoms with Crippen molar-refractivity contribution in [1.82, 2.24) is 10.2 Å². The van der Waals surface area contributed by atoms with Crippen molar-refractivity contribution in [1.29, 1.82) is 0 Å². The highest BCUT2D eigenvalue weighted by Gasteiger charge is 2.27. The van der Waals surface area contributed by atoms with Crippen LogP contribution in [0.1, 0.15) is 27.7 Å². The molecule has 0 aliphatic carbocycles. The monoisotopic (exact) mass is 262 g/mol. The molecule has 0 aromatic carbocycles. The standard InChI is InChI=1S/C12H26N2O2S/c1-5-17(15,16)7-6-14-9-12(10(2)3)13-8-11(14)4/h10-13H,5-9H2,1-4H3. The van der Waals surface area contributed by atoms with Gasteiger partial charge in [-0.3, -0.25) is 4.90 Å². The van der Waals surface area contributed by atoms with E-state index in [4.69, 9.17) is 0 Å². The lowest BCUT2D eigenvalue weighted by Crippen LogP contribution is -2.57. The largest absolute Gasteiger partial charge is 0.311 e. The van der Waals surface area contributed by atoms with Crippen molar-refractivity contribution in [3.63, 3.8) is 0 Å². The van der Waals surface area contributed by atoms with E-state index >= 15 is 0 Å². The van der Waals surface area contributed by atoms with Gasteiger partial charge in [-0.25, -0.2) is 8.42 Å². The zero-order chi connectivity index (χ0) is 13.1. The van der Waals surface area contributed by atoms with Crippen LogP contribution >= 0.6 is 0 Å². The van der Waals surface area contributed by atoms with Gasteiger partial charge in [0.25, 0.3) is 0 Å². The van der Waals surface area contributed by atoms with Crippen molar-refractivity contribution >= 4 is 9.84 Å². The first kappa shape index (κ1) is 14.9. The first-order valence-electron chi connectivity index (χ1n) is 6.53. The number of sulfone groups is 1. The molecule has 1 heterocycles. The molecule has 0 aromatic heterocycles. The van der Waals surface area contributed by atoms with E-state index in [1.807, 2.05) is 0 Å². The van der Waals surface area contributed by atoms with Gasteiger partial charge in [-0.15, -0.1) is 0 Å². The smallest absolute Gasteiger partial charge is 0.151 e. The van der Waals surface area contributed by atoms with Gasteiger partial charge in [-0.2, -0.15) is 0 Å². The van der Waals surface area contributed by atoms with Crippen molar-refractivity contribution in [3.05, 3.63) is 0 Å². The van der Waals surface area contributed by atoms with Crippen molar-refractivity contribution in [2.24, 2.45) is 5.92 Å². The van der Waals surface area contributed by atoms with Crippen molar-refractivity contribution in [2.75, 3.05) is 31.1 Å². The van der Waals surface area contributed by atoms with Crippen molar-refractivity contribution < 1.29 is 8.42 Å². The predicted octanol–water partition coefficient (Wildman–Crippen LogP) is 0.739. The highest BCUT2D eigenvalue weighted by molar-refractivity contribution is 7.91. The number of hydrogen-bond acceptors (Lipinski definition) is 4. The first-order chi connectivity index (χ1) is 7.85. The van der Waals surface area contributed by atoms with Gasteiger partial charge >= 0.3 is 0 Å². The normalized spacial score (nSPS) is 27.6. The molecule has 1 rings (SSSR count). The quantitative estimate of drug-likeness (QED) is 0.794. The zero-order valence-corrected chi connectivity index (χ0v) is 12.3. The molecule has 1 N–H and O–H groups in total. The summed E-state index contributed by atoms with van der Waals surface area (Å²) >= 11 is 0. The van der Waals surface area contributed by atoms with E-state index in [0.717, 1.165) is 13.1 Å². The lowest BCUT2D eigenvalue weighted by atomic mass is 10.00. The minimum absolute atomic E-state index is 0.251. The van der Waals surface area contributed by atoms with E-state index < -0.39 is 9.84 Å². The van der Waals surface area contributed by atoms with Crippen LogP contribution in [0, 0.1) is 5.92 Å². The van der Waals surface area contributed by atoms with Crippen LogP contribution in [0.25, 0.3) is 0 Å². The molecule has 1 aliphatic heterocycles. The Bertz CT molecular complexity index is 327. The summed E-state index contributed by atoms with van der Waals surface area (Å²) in [6.07, 6.45) is 0. The third kappa shape index (κ3) is 4.56. The van der Waals surface area contributed by atoms with Gasteiger partial charge in [0.15, 0.2) is 9.84 Å². The molecule has 1 saturated heterocycles. The lowest BCUT2D eigenvalue weighted by Gasteiger charge is -2.40. The summed E-state index contributed by atoms with van der Waals surface area (Å²) in [6, 6.07) is 0.910. The second kappa shape index (κ2) is 6.16. The molecular weight excluding hydrogens is 236 g/mol. The van der Waals surface area contributed by atoms with E-state index in [0.29, 0.717) is 30.3 Å². The Morgan fingerprint density at radius 3 is 2.59 bits per heavy atom. The lowest BCUT2D eigenvalue weighted by molar-refractivity contribution is 0.130. The number of nitrogens with one attached hydrogen (secondary N) is 1. The first-order valence-corrected chi connectivity index (χ1v) is 8.35. The van der Waals surface area contributed by atoms with Gasteiger partial charge < -0.3 is 5.32 Å². The molecule has 2 atom stereocenters. The van der Waals surface area contributed by atoms with E-state index in [1.165, 1.54) is 0 Å². The van der Waals surface area contributed by atoms with E-state index in [2.05, 4.69) is 31.0 Å². The Morgan fingerprint density at radius 2 is 2.06 bits per heavy atom. The van der Waals surface area contributed by atoms with Crippen LogP contribution in [-0.2, 0) is 9.84 Å². The zero-order valence-electron chi connectivity index (χ0n) is 11.4. The maximum atomic E-state index is 11.5. The minimum atomic E-state index is -2.84. The SMILES string of the molecule is CCS(=O)(=O)CCN1CC(C(C)C)NCC1C.